The van der Waals surface area contributed by atoms with E-state index in [9.17, 15) is 4.79 Å². The lowest BCUT2D eigenvalue weighted by Gasteiger charge is -2.12. The minimum atomic E-state index is -0.0766. The van der Waals surface area contributed by atoms with Crippen molar-refractivity contribution in [1.82, 2.24) is 0 Å². The summed E-state index contributed by atoms with van der Waals surface area (Å²) in [6.07, 6.45) is 1.04. The Hall–Kier alpha value is -1.26. The molecule has 0 fully saturated rings. The predicted molar refractivity (Wildman–Crippen MR) is 74.3 cm³/mol. The van der Waals surface area contributed by atoms with Gasteiger partial charge in [0, 0.05) is 23.6 Å². The molecule has 0 saturated carbocycles. The monoisotopic (exact) mass is 270 g/mol. The van der Waals surface area contributed by atoms with Crippen molar-refractivity contribution in [2.45, 2.75) is 32.7 Å². The number of carbonyl (C=O) groups excluding carboxylic acids is 1. The first-order valence-electron chi connectivity index (χ1n) is 5.83. The highest BCUT2D eigenvalue weighted by atomic mass is 35.5. The van der Waals surface area contributed by atoms with Crippen LogP contribution in [0.3, 0.4) is 0 Å². The summed E-state index contributed by atoms with van der Waals surface area (Å²) in [6, 6.07) is 3.51. The van der Waals surface area contributed by atoms with E-state index in [-0.39, 0.29) is 11.9 Å². The van der Waals surface area contributed by atoms with Crippen LogP contribution in [-0.2, 0) is 4.79 Å². The van der Waals surface area contributed by atoms with Gasteiger partial charge in [0.1, 0.15) is 5.75 Å². The van der Waals surface area contributed by atoms with Gasteiger partial charge in [-0.05, 0) is 31.9 Å². The molecule has 0 bridgehead atoms. The number of rotatable bonds is 5. The van der Waals surface area contributed by atoms with E-state index >= 15 is 0 Å². The zero-order valence-electron chi connectivity index (χ0n) is 10.9. The van der Waals surface area contributed by atoms with Gasteiger partial charge in [0.15, 0.2) is 0 Å². The molecule has 0 aliphatic rings. The van der Waals surface area contributed by atoms with Crippen molar-refractivity contribution in [2.24, 2.45) is 5.73 Å². The first-order chi connectivity index (χ1) is 8.43. The van der Waals surface area contributed by atoms with Gasteiger partial charge in [0.25, 0.3) is 0 Å². The lowest BCUT2D eigenvalue weighted by Crippen LogP contribution is -2.19. The third-order valence-electron chi connectivity index (χ3n) is 2.58. The van der Waals surface area contributed by atoms with Gasteiger partial charge in [-0.3, -0.25) is 4.79 Å². The normalized spacial score (nSPS) is 12.1. The summed E-state index contributed by atoms with van der Waals surface area (Å²) < 4.78 is 5.18. The first-order valence-corrected chi connectivity index (χ1v) is 6.21. The van der Waals surface area contributed by atoms with E-state index in [2.05, 4.69) is 5.32 Å². The fourth-order valence-electron chi connectivity index (χ4n) is 1.50. The van der Waals surface area contributed by atoms with E-state index < -0.39 is 0 Å². The van der Waals surface area contributed by atoms with Crippen molar-refractivity contribution in [1.29, 1.82) is 0 Å². The third-order valence-corrected chi connectivity index (χ3v) is 2.99. The summed E-state index contributed by atoms with van der Waals surface area (Å²) in [5, 5.41) is 3.42. The van der Waals surface area contributed by atoms with E-state index in [0.29, 0.717) is 29.3 Å². The Labute approximate surface area is 112 Å². The van der Waals surface area contributed by atoms with E-state index in [1.807, 2.05) is 13.8 Å². The highest BCUT2D eigenvalue weighted by molar-refractivity contribution is 6.31. The Bertz CT molecular complexity index is 433. The van der Waals surface area contributed by atoms with Crippen molar-refractivity contribution >= 4 is 23.2 Å². The van der Waals surface area contributed by atoms with Crippen LogP contribution in [0.15, 0.2) is 12.1 Å². The number of aryl methyl sites for hydroxylation is 1. The molecule has 1 atom stereocenters. The number of halogens is 1. The Balaban J connectivity index is 2.77. The summed E-state index contributed by atoms with van der Waals surface area (Å²) >= 11 is 5.99. The average Bonchev–Trinajstić information content (AvgIpc) is 2.31. The third kappa shape index (κ3) is 4.20. The maximum Gasteiger partial charge on any atom is 0.224 e. The molecule has 18 heavy (non-hydrogen) atoms. The van der Waals surface area contributed by atoms with Crippen LogP contribution in [0.1, 0.15) is 25.3 Å². The number of hydrogen-bond acceptors (Lipinski definition) is 3. The molecular weight excluding hydrogens is 252 g/mol. The summed E-state index contributed by atoms with van der Waals surface area (Å²) in [7, 11) is 1.54. The fourth-order valence-corrected chi connectivity index (χ4v) is 1.65. The molecule has 1 amide bonds. The van der Waals surface area contributed by atoms with Crippen LogP contribution in [0.2, 0.25) is 5.02 Å². The Kier molecular flexibility index (Phi) is 5.44. The molecule has 0 aromatic heterocycles. The highest BCUT2D eigenvalue weighted by Crippen LogP contribution is 2.31. The molecule has 1 aromatic carbocycles. The molecule has 0 radical (unpaired) electrons. The van der Waals surface area contributed by atoms with Gasteiger partial charge in [-0.25, -0.2) is 0 Å². The van der Waals surface area contributed by atoms with Crippen molar-refractivity contribution < 1.29 is 9.53 Å². The number of benzene rings is 1. The quantitative estimate of drug-likeness (QED) is 0.865. The smallest absolute Gasteiger partial charge is 0.224 e. The van der Waals surface area contributed by atoms with E-state index in [4.69, 9.17) is 22.1 Å². The molecule has 3 N–H and O–H groups in total. The van der Waals surface area contributed by atoms with E-state index in [1.165, 1.54) is 0 Å². The van der Waals surface area contributed by atoms with Crippen LogP contribution in [0.5, 0.6) is 5.75 Å². The number of nitrogens with one attached hydrogen (secondary N) is 1. The summed E-state index contributed by atoms with van der Waals surface area (Å²) in [4.78, 5) is 11.7. The van der Waals surface area contributed by atoms with Gasteiger partial charge in [-0.15, -0.1) is 0 Å². The maximum atomic E-state index is 11.7. The lowest BCUT2D eigenvalue weighted by atomic mass is 10.1. The van der Waals surface area contributed by atoms with Gasteiger partial charge in [-0.1, -0.05) is 11.6 Å². The summed E-state index contributed by atoms with van der Waals surface area (Å²) in [5.41, 5.74) is 7.13. The lowest BCUT2D eigenvalue weighted by molar-refractivity contribution is -0.116. The van der Waals surface area contributed by atoms with E-state index in [1.54, 1.807) is 19.2 Å². The molecule has 0 aliphatic heterocycles. The van der Waals surface area contributed by atoms with Gasteiger partial charge < -0.3 is 15.8 Å². The second-order valence-electron chi connectivity index (χ2n) is 4.37. The molecular formula is C13H19ClN2O2. The number of methoxy groups -OCH3 is 1. The fraction of sp³-hybridized carbons (Fsp3) is 0.462. The van der Waals surface area contributed by atoms with Crippen LogP contribution in [0.25, 0.3) is 0 Å². The van der Waals surface area contributed by atoms with Crippen LogP contribution in [-0.4, -0.2) is 19.1 Å². The van der Waals surface area contributed by atoms with Crippen molar-refractivity contribution in [3.63, 3.8) is 0 Å². The Morgan fingerprint density at radius 2 is 2.22 bits per heavy atom. The molecule has 5 heteroatoms. The standard InChI is InChI=1S/C13H19ClN2O2/c1-8-6-11(12(18-3)7-10(8)14)16-13(17)5-4-9(2)15/h6-7,9H,4-5,15H2,1-3H3,(H,16,17). The minimum Gasteiger partial charge on any atom is -0.495 e. The second kappa shape index (κ2) is 6.61. The van der Waals surface area contributed by atoms with Crippen LogP contribution in [0.4, 0.5) is 5.69 Å². The van der Waals surface area contributed by atoms with Gasteiger partial charge in [-0.2, -0.15) is 0 Å². The highest BCUT2D eigenvalue weighted by Gasteiger charge is 2.10. The molecule has 0 heterocycles. The number of amides is 1. The number of anilines is 1. The van der Waals surface area contributed by atoms with Crippen molar-refractivity contribution in [3.05, 3.63) is 22.7 Å². The number of ether oxygens (including phenoxy) is 1. The van der Waals surface area contributed by atoms with Crippen molar-refractivity contribution in [2.75, 3.05) is 12.4 Å². The van der Waals surface area contributed by atoms with E-state index in [0.717, 1.165) is 5.56 Å². The summed E-state index contributed by atoms with van der Waals surface area (Å²) in [6.45, 7) is 3.75. The molecule has 4 nitrogen and oxygen atoms in total. The molecule has 1 aromatic rings. The van der Waals surface area contributed by atoms with Gasteiger partial charge in [0.05, 0.1) is 12.8 Å². The predicted octanol–water partition coefficient (Wildman–Crippen LogP) is 2.72. The average molecular weight is 271 g/mol. The number of hydrogen-bond donors (Lipinski definition) is 2. The largest absolute Gasteiger partial charge is 0.495 e. The molecule has 0 saturated heterocycles. The topological polar surface area (TPSA) is 64.3 Å². The minimum absolute atomic E-state index is 0.0181. The number of carbonyl (C=O) groups is 1. The zero-order valence-corrected chi connectivity index (χ0v) is 11.7. The van der Waals surface area contributed by atoms with Gasteiger partial charge in [0.2, 0.25) is 5.91 Å². The second-order valence-corrected chi connectivity index (χ2v) is 4.77. The SMILES string of the molecule is COc1cc(Cl)c(C)cc1NC(=O)CCC(C)N. The molecule has 100 valence electrons. The summed E-state index contributed by atoms with van der Waals surface area (Å²) in [5.74, 6) is 0.479. The van der Waals surface area contributed by atoms with Gasteiger partial charge >= 0.3 is 0 Å². The molecule has 1 unspecified atom stereocenters. The zero-order chi connectivity index (χ0) is 13.7. The number of nitrogens with two attached hydrogens (primary N) is 1. The Morgan fingerprint density at radius 1 is 1.56 bits per heavy atom. The maximum absolute atomic E-state index is 11.7. The van der Waals surface area contributed by atoms with Crippen LogP contribution >= 0.6 is 11.6 Å². The van der Waals surface area contributed by atoms with Crippen LogP contribution in [0, 0.1) is 6.92 Å². The molecule has 0 spiro atoms. The Morgan fingerprint density at radius 3 is 2.78 bits per heavy atom. The molecule has 1 rings (SSSR count). The van der Waals surface area contributed by atoms with Crippen molar-refractivity contribution in [3.8, 4) is 5.75 Å². The first kappa shape index (κ1) is 14.8. The molecule has 0 aliphatic carbocycles. The van der Waals surface area contributed by atoms with Crippen LogP contribution < -0.4 is 15.8 Å².